The molecule has 36 heavy (non-hydrogen) atoms. The fourth-order valence-electron chi connectivity index (χ4n) is 4.03. The van der Waals surface area contributed by atoms with Gasteiger partial charge in [0.1, 0.15) is 22.7 Å². The monoisotopic (exact) mass is 498 g/mol. The molecule has 6 rings (SSSR count). The molecule has 0 spiro atoms. The summed E-state index contributed by atoms with van der Waals surface area (Å²) in [6, 6.07) is 31.4. The molecule has 6 nitrogen and oxygen atoms in total. The zero-order chi connectivity index (χ0) is 24.2. The molecule has 0 aliphatic carbocycles. The Morgan fingerprint density at radius 3 is 1.72 bits per heavy atom. The van der Waals surface area contributed by atoms with Crippen molar-refractivity contribution >= 4 is 30.2 Å². The lowest BCUT2D eigenvalue weighted by Gasteiger charge is -2.17. The summed E-state index contributed by atoms with van der Waals surface area (Å²) in [5, 5.41) is 1.97. The second-order valence-electron chi connectivity index (χ2n) is 8.02. The number of ether oxygens (including phenoxy) is 3. The van der Waals surface area contributed by atoms with Crippen LogP contribution in [0.15, 0.2) is 118 Å². The summed E-state index contributed by atoms with van der Waals surface area (Å²) in [5.41, 5.74) is 3.42. The van der Waals surface area contributed by atoms with Crippen LogP contribution in [0.1, 0.15) is 0 Å². The highest BCUT2D eigenvalue weighted by atomic mass is 31.1. The van der Waals surface area contributed by atoms with E-state index in [-0.39, 0.29) is 6.61 Å². The highest BCUT2D eigenvalue weighted by Gasteiger charge is 2.22. The quantitative estimate of drug-likeness (QED) is 0.223. The summed E-state index contributed by atoms with van der Waals surface area (Å²) < 4.78 is 35.8. The summed E-state index contributed by atoms with van der Waals surface area (Å²) in [5.74, 6) is 1.43. The number of hydrogen-bond donors (Lipinski definition) is 0. The Kier molecular flexibility index (Phi) is 6.46. The SMILES string of the molecule is C(=C/COp1oc2ccccc2c2ccccc2o1)/COC1Oc2ccccc2-c2ccccc2O1. The Morgan fingerprint density at radius 1 is 0.611 bits per heavy atom. The Bertz CT molecular complexity index is 1470. The first-order valence-corrected chi connectivity index (χ1v) is 12.7. The molecule has 0 saturated carbocycles. The normalized spacial score (nSPS) is 13.1. The molecule has 7 heteroatoms. The van der Waals surface area contributed by atoms with Crippen LogP contribution in [-0.4, -0.2) is 19.7 Å². The van der Waals surface area contributed by atoms with Gasteiger partial charge in [-0.15, -0.1) is 0 Å². The van der Waals surface area contributed by atoms with Crippen molar-refractivity contribution in [1.82, 2.24) is 0 Å². The van der Waals surface area contributed by atoms with Crippen molar-refractivity contribution in [3.05, 3.63) is 109 Å². The third-order valence-electron chi connectivity index (χ3n) is 5.69. The standard InChI is InChI=1S/C29H23O6P/c1-5-15-25-21(11-1)22-12-2-6-16-26(22)33-29(32-25)30-19-9-10-20-31-36-34-27-17-7-3-13-23(27)24-14-4-8-18-28(24)35-36/h1-18,29H,19-20H2/b10-9-. The van der Waals surface area contributed by atoms with E-state index in [0.717, 1.165) is 33.1 Å². The molecule has 0 atom stereocenters. The maximum Gasteiger partial charge on any atom is 0.387 e. The van der Waals surface area contributed by atoms with Crippen molar-refractivity contribution < 1.29 is 27.1 Å². The number of para-hydroxylation sites is 4. The first kappa shape index (κ1) is 22.5. The third kappa shape index (κ3) is 4.75. The first-order valence-electron chi connectivity index (χ1n) is 11.6. The van der Waals surface area contributed by atoms with Gasteiger partial charge < -0.3 is 22.6 Å². The van der Waals surface area contributed by atoms with Gasteiger partial charge in [0, 0.05) is 21.9 Å². The zero-order valence-electron chi connectivity index (χ0n) is 19.3. The van der Waals surface area contributed by atoms with E-state index >= 15 is 0 Å². The maximum absolute atomic E-state index is 6.04. The largest absolute Gasteiger partial charge is 0.432 e. The van der Waals surface area contributed by atoms with Gasteiger partial charge in [0.25, 0.3) is 0 Å². The van der Waals surface area contributed by atoms with Crippen LogP contribution in [0.3, 0.4) is 0 Å². The van der Waals surface area contributed by atoms with E-state index in [9.17, 15) is 0 Å². The molecule has 0 saturated heterocycles. The van der Waals surface area contributed by atoms with E-state index in [4.69, 9.17) is 27.1 Å². The molecule has 0 fully saturated rings. The van der Waals surface area contributed by atoms with Gasteiger partial charge in [-0.2, -0.15) is 0 Å². The minimum Gasteiger partial charge on any atom is -0.432 e. The zero-order valence-corrected chi connectivity index (χ0v) is 20.2. The van der Waals surface area contributed by atoms with Crippen LogP contribution in [0.25, 0.3) is 33.1 Å². The van der Waals surface area contributed by atoms with Gasteiger partial charge in [0.15, 0.2) is 0 Å². The lowest BCUT2D eigenvalue weighted by Crippen LogP contribution is -2.26. The molecule has 2 heterocycles. The van der Waals surface area contributed by atoms with Crippen molar-refractivity contribution in [3.63, 3.8) is 0 Å². The van der Waals surface area contributed by atoms with Crippen LogP contribution in [0.5, 0.6) is 11.5 Å². The average Bonchev–Trinajstić information content (AvgIpc) is 3.18. The Morgan fingerprint density at radius 2 is 1.11 bits per heavy atom. The summed E-state index contributed by atoms with van der Waals surface area (Å²) in [4.78, 5) is 0. The molecule has 180 valence electrons. The summed E-state index contributed by atoms with van der Waals surface area (Å²) in [6.45, 7) is -0.285. The van der Waals surface area contributed by atoms with Gasteiger partial charge in [0.2, 0.25) is 0 Å². The minimum absolute atomic E-state index is 0.281. The highest BCUT2D eigenvalue weighted by Crippen LogP contribution is 2.39. The summed E-state index contributed by atoms with van der Waals surface area (Å²) >= 11 is 0. The van der Waals surface area contributed by atoms with Gasteiger partial charge in [-0.3, -0.25) is 4.52 Å². The van der Waals surface area contributed by atoms with Crippen LogP contribution >= 0.6 is 8.24 Å². The van der Waals surface area contributed by atoms with E-state index < -0.39 is 14.7 Å². The molecule has 0 radical (unpaired) electrons. The number of fused-ring (bicyclic) bond motifs is 6. The van der Waals surface area contributed by atoms with E-state index in [1.807, 2.05) is 109 Å². The molecular formula is C29H23O6P. The Balaban J connectivity index is 1.12. The van der Waals surface area contributed by atoms with Crippen molar-refractivity contribution in [3.8, 4) is 22.6 Å². The minimum atomic E-state index is -1.61. The highest BCUT2D eigenvalue weighted by molar-refractivity contribution is 7.31. The van der Waals surface area contributed by atoms with Gasteiger partial charge >= 0.3 is 14.7 Å². The van der Waals surface area contributed by atoms with E-state index in [2.05, 4.69) is 0 Å². The van der Waals surface area contributed by atoms with Crippen LogP contribution in [0, 0.1) is 0 Å². The molecule has 1 aliphatic heterocycles. The molecule has 5 aromatic rings. The fraction of sp³-hybridized carbons (Fsp3) is 0.103. The van der Waals surface area contributed by atoms with Crippen LogP contribution in [0.2, 0.25) is 0 Å². The van der Waals surface area contributed by atoms with Crippen LogP contribution < -0.4 is 14.0 Å². The second kappa shape index (κ2) is 10.3. The molecular weight excluding hydrogens is 475 g/mol. The van der Waals surface area contributed by atoms with E-state index in [1.165, 1.54) is 0 Å². The van der Waals surface area contributed by atoms with E-state index in [1.54, 1.807) is 0 Å². The van der Waals surface area contributed by atoms with Crippen LogP contribution in [-0.2, 0) is 4.74 Å². The average molecular weight is 498 g/mol. The van der Waals surface area contributed by atoms with Crippen molar-refractivity contribution in [2.45, 2.75) is 6.48 Å². The lowest BCUT2D eigenvalue weighted by molar-refractivity contribution is -0.190. The van der Waals surface area contributed by atoms with Crippen molar-refractivity contribution in [2.75, 3.05) is 13.2 Å². The lowest BCUT2D eigenvalue weighted by atomic mass is 10.0. The van der Waals surface area contributed by atoms with E-state index in [0.29, 0.717) is 18.1 Å². The van der Waals surface area contributed by atoms with Gasteiger partial charge in [0.05, 0.1) is 13.2 Å². The fourth-order valence-corrected chi connectivity index (χ4v) is 5.02. The van der Waals surface area contributed by atoms with Crippen LogP contribution in [0.4, 0.5) is 0 Å². The third-order valence-corrected chi connectivity index (χ3v) is 6.74. The molecule has 0 N–H and O–H groups in total. The summed E-state index contributed by atoms with van der Waals surface area (Å²) in [7, 11) is -1.61. The molecule has 1 aliphatic rings. The van der Waals surface area contributed by atoms with Gasteiger partial charge in [-0.05, 0) is 24.3 Å². The van der Waals surface area contributed by atoms with Gasteiger partial charge in [-0.25, -0.2) is 0 Å². The number of rotatable bonds is 6. The molecule has 4 aromatic carbocycles. The maximum atomic E-state index is 6.04. The van der Waals surface area contributed by atoms with Crippen molar-refractivity contribution in [1.29, 1.82) is 0 Å². The Labute approximate surface area is 208 Å². The smallest absolute Gasteiger partial charge is 0.387 e. The molecule has 0 unspecified atom stereocenters. The second-order valence-corrected chi connectivity index (χ2v) is 9.09. The topological polar surface area (TPSA) is 63.2 Å². The molecule has 0 bridgehead atoms. The first-order chi connectivity index (χ1) is 17.8. The predicted octanol–water partition coefficient (Wildman–Crippen LogP) is 7.71. The molecule has 1 aromatic heterocycles. The molecule has 0 amide bonds. The predicted molar refractivity (Wildman–Crippen MR) is 140 cm³/mol. The Hall–Kier alpha value is -3.96. The van der Waals surface area contributed by atoms with Crippen molar-refractivity contribution in [2.24, 2.45) is 0 Å². The number of hydrogen-bond acceptors (Lipinski definition) is 6. The van der Waals surface area contributed by atoms with Gasteiger partial charge in [-0.1, -0.05) is 84.9 Å². The summed E-state index contributed by atoms with van der Waals surface area (Å²) in [6.07, 6.45) is 3.71. The number of benzene rings is 4.